The number of hydrogen-bond acceptors (Lipinski definition) is 3. The molecule has 0 aliphatic carbocycles. The van der Waals surface area contributed by atoms with Crippen molar-refractivity contribution in [3.63, 3.8) is 0 Å². The van der Waals surface area contributed by atoms with Crippen molar-refractivity contribution in [3.8, 4) is 5.75 Å². The highest BCUT2D eigenvalue weighted by Gasteiger charge is 2.04. The number of rotatable bonds is 8. The molecule has 3 N–H and O–H groups in total. The largest absolute Gasteiger partial charge is 0.508 e. The Morgan fingerprint density at radius 2 is 1.88 bits per heavy atom. The third-order valence-electron chi connectivity index (χ3n) is 3.54. The van der Waals surface area contributed by atoms with E-state index in [4.69, 9.17) is 0 Å². The second-order valence-corrected chi connectivity index (χ2v) is 5.74. The van der Waals surface area contributed by atoms with E-state index in [2.05, 4.69) is 35.8 Å². The summed E-state index contributed by atoms with van der Waals surface area (Å²) in [5.41, 5.74) is 2.95. The molecule has 2 aromatic carbocycles. The van der Waals surface area contributed by atoms with Gasteiger partial charge in [0.15, 0.2) is 0 Å². The van der Waals surface area contributed by atoms with Crippen molar-refractivity contribution in [1.82, 2.24) is 10.6 Å². The van der Waals surface area contributed by atoms with E-state index in [1.165, 1.54) is 17.2 Å². The van der Waals surface area contributed by atoms with Crippen LogP contribution in [0.3, 0.4) is 0 Å². The van der Waals surface area contributed by atoms with Gasteiger partial charge in [0, 0.05) is 18.7 Å². The van der Waals surface area contributed by atoms with E-state index in [9.17, 15) is 9.90 Å². The van der Waals surface area contributed by atoms with E-state index < -0.39 is 0 Å². The van der Waals surface area contributed by atoms with Crippen LogP contribution in [-0.4, -0.2) is 30.6 Å². The fraction of sp³-hybridized carbons (Fsp3) is 0.250. The van der Waals surface area contributed by atoms with Gasteiger partial charge in [0.25, 0.3) is 5.91 Å². The van der Waals surface area contributed by atoms with E-state index in [-0.39, 0.29) is 11.7 Å². The zero-order valence-electron chi connectivity index (χ0n) is 14.0. The number of amides is 1. The average molecular weight is 324 g/mol. The van der Waals surface area contributed by atoms with Gasteiger partial charge in [-0.15, -0.1) is 0 Å². The summed E-state index contributed by atoms with van der Waals surface area (Å²) < 4.78 is 0. The van der Waals surface area contributed by atoms with Crippen LogP contribution >= 0.6 is 0 Å². The molecule has 0 bridgehead atoms. The molecule has 0 aromatic heterocycles. The Bertz CT molecular complexity index is 681. The summed E-state index contributed by atoms with van der Waals surface area (Å²) in [7, 11) is 0. The number of phenols is 1. The zero-order chi connectivity index (χ0) is 17.2. The highest BCUT2D eigenvalue weighted by molar-refractivity contribution is 5.94. The summed E-state index contributed by atoms with van der Waals surface area (Å²) >= 11 is 0. The first-order valence-electron chi connectivity index (χ1n) is 8.15. The maximum Gasteiger partial charge on any atom is 0.251 e. The van der Waals surface area contributed by atoms with Crippen LogP contribution in [0.2, 0.25) is 0 Å². The lowest BCUT2D eigenvalue weighted by molar-refractivity contribution is 0.0953. The van der Waals surface area contributed by atoms with Gasteiger partial charge in [0.1, 0.15) is 5.75 Å². The smallest absolute Gasteiger partial charge is 0.251 e. The molecule has 0 saturated carbocycles. The first-order chi connectivity index (χ1) is 11.6. The Hall–Kier alpha value is -2.59. The molecular weight excluding hydrogens is 300 g/mol. The molecule has 4 heteroatoms. The van der Waals surface area contributed by atoms with Crippen LogP contribution in [0.5, 0.6) is 5.75 Å². The lowest BCUT2D eigenvalue weighted by Gasteiger charge is -2.07. The van der Waals surface area contributed by atoms with Crippen molar-refractivity contribution < 1.29 is 9.90 Å². The standard InChI is InChI=1S/C20H24N2O2/c1-16(13-17-7-3-2-4-8-17)15-21-11-6-12-22-20(24)18-9-5-10-19(23)14-18/h2-5,7-10,13-14,21,23H,6,11-12,15H2,1H3,(H,22,24)/b16-13-. The summed E-state index contributed by atoms with van der Waals surface area (Å²) in [5, 5.41) is 15.6. The number of phenolic OH excluding ortho intramolecular Hbond substituents is 1. The molecule has 2 aromatic rings. The molecule has 0 aliphatic heterocycles. The van der Waals surface area contributed by atoms with Crippen molar-refractivity contribution in [3.05, 3.63) is 71.3 Å². The van der Waals surface area contributed by atoms with E-state index >= 15 is 0 Å². The summed E-state index contributed by atoms with van der Waals surface area (Å²) in [4.78, 5) is 11.9. The molecule has 4 nitrogen and oxygen atoms in total. The molecule has 0 saturated heterocycles. The first-order valence-corrected chi connectivity index (χ1v) is 8.15. The SMILES string of the molecule is C/C(=C/c1ccccc1)CNCCCNC(=O)c1cccc(O)c1. The molecular formula is C20H24N2O2. The van der Waals surface area contributed by atoms with Gasteiger partial charge in [-0.2, -0.15) is 0 Å². The van der Waals surface area contributed by atoms with E-state index in [1.54, 1.807) is 18.2 Å². The quantitative estimate of drug-likeness (QED) is 0.654. The highest BCUT2D eigenvalue weighted by Crippen LogP contribution is 2.10. The van der Waals surface area contributed by atoms with Crippen molar-refractivity contribution in [2.45, 2.75) is 13.3 Å². The minimum Gasteiger partial charge on any atom is -0.508 e. The van der Waals surface area contributed by atoms with Crippen molar-refractivity contribution in [1.29, 1.82) is 0 Å². The number of carbonyl (C=O) groups excluding carboxylic acids is 1. The predicted molar refractivity (Wildman–Crippen MR) is 98.0 cm³/mol. The molecule has 0 unspecified atom stereocenters. The van der Waals surface area contributed by atoms with Gasteiger partial charge in [0.2, 0.25) is 0 Å². The van der Waals surface area contributed by atoms with Gasteiger partial charge in [-0.3, -0.25) is 4.79 Å². The first kappa shape index (κ1) is 17.8. The molecule has 24 heavy (non-hydrogen) atoms. The van der Waals surface area contributed by atoms with Gasteiger partial charge in [-0.05, 0) is 43.7 Å². The average Bonchev–Trinajstić information content (AvgIpc) is 2.58. The molecule has 0 heterocycles. The van der Waals surface area contributed by atoms with E-state index in [0.29, 0.717) is 12.1 Å². The van der Waals surface area contributed by atoms with Crippen LogP contribution in [0.1, 0.15) is 29.3 Å². The minimum atomic E-state index is -0.161. The minimum absolute atomic E-state index is 0.102. The summed E-state index contributed by atoms with van der Waals surface area (Å²) in [6, 6.07) is 16.6. The lowest BCUT2D eigenvalue weighted by atomic mass is 10.1. The van der Waals surface area contributed by atoms with Crippen molar-refractivity contribution in [2.24, 2.45) is 0 Å². The van der Waals surface area contributed by atoms with Gasteiger partial charge < -0.3 is 15.7 Å². The summed E-state index contributed by atoms with van der Waals surface area (Å²) in [6.07, 6.45) is 3.01. The molecule has 2 rings (SSSR count). The Kier molecular flexibility index (Phi) is 7.05. The van der Waals surface area contributed by atoms with E-state index in [0.717, 1.165) is 19.5 Å². The number of benzene rings is 2. The Balaban J connectivity index is 1.61. The molecule has 0 radical (unpaired) electrons. The Labute approximate surface area is 143 Å². The normalized spacial score (nSPS) is 11.3. The second-order valence-electron chi connectivity index (χ2n) is 5.74. The third kappa shape index (κ3) is 6.26. The predicted octanol–water partition coefficient (Wildman–Crippen LogP) is 3.21. The number of hydrogen-bond donors (Lipinski definition) is 3. The summed E-state index contributed by atoms with van der Waals surface area (Å²) in [5.74, 6) is -0.0592. The Morgan fingerprint density at radius 1 is 1.08 bits per heavy atom. The molecule has 1 amide bonds. The van der Waals surface area contributed by atoms with Crippen LogP contribution in [0.15, 0.2) is 60.2 Å². The van der Waals surface area contributed by atoms with Gasteiger partial charge >= 0.3 is 0 Å². The van der Waals surface area contributed by atoms with Crippen molar-refractivity contribution >= 4 is 12.0 Å². The third-order valence-corrected chi connectivity index (χ3v) is 3.54. The molecule has 126 valence electrons. The fourth-order valence-electron chi connectivity index (χ4n) is 2.33. The highest BCUT2D eigenvalue weighted by atomic mass is 16.3. The maximum atomic E-state index is 11.9. The van der Waals surface area contributed by atoms with Crippen LogP contribution < -0.4 is 10.6 Å². The molecule has 0 fully saturated rings. The fourth-order valence-corrected chi connectivity index (χ4v) is 2.33. The maximum absolute atomic E-state index is 11.9. The lowest BCUT2D eigenvalue weighted by Crippen LogP contribution is -2.27. The van der Waals surface area contributed by atoms with Gasteiger partial charge in [-0.25, -0.2) is 0 Å². The van der Waals surface area contributed by atoms with Crippen LogP contribution in [0.4, 0.5) is 0 Å². The zero-order valence-corrected chi connectivity index (χ0v) is 14.0. The summed E-state index contributed by atoms with van der Waals surface area (Å²) in [6.45, 7) is 4.36. The number of nitrogens with one attached hydrogen (secondary N) is 2. The molecule has 0 atom stereocenters. The number of aromatic hydroxyl groups is 1. The van der Waals surface area contributed by atoms with Crippen LogP contribution in [0, 0.1) is 0 Å². The van der Waals surface area contributed by atoms with Gasteiger partial charge in [0.05, 0.1) is 0 Å². The number of carbonyl (C=O) groups is 1. The molecule has 0 aliphatic rings. The topological polar surface area (TPSA) is 61.4 Å². The second kappa shape index (κ2) is 9.53. The van der Waals surface area contributed by atoms with E-state index in [1.807, 2.05) is 18.2 Å². The monoisotopic (exact) mass is 324 g/mol. The van der Waals surface area contributed by atoms with Crippen LogP contribution in [0.25, 0.3) is 6.08 Å². The molecule has 0 spiro atoms. The van der Waals surface area contributed by atoms with Crippen molar-refractivity contribution in [2.75, 3.05) is 19.6 Å². The van der Waals surface area contributed by atoms with Crippen LogP contribution in [-0.2, 0) is 0 Å². The Morgan fingerprint density at radius 3 is 2.62 bits per heavy atom. The van der Waals surface area contributed by atoms with Gasteiger partial charge in [-0.1, -0.05) is 48.0 Å².